The van der Waals surface area contributed by atoms with Crippen molar-refractivity contribution < 1.29 is 14.3 Å². The summed E-state index contributed by atoms with van der Waals surface area (Å²) in [6.07, 6.45) is 2.52. The third kappa shape index (κ3) is 5.73. The Kier molecular flexibility index (Phi) is 6.66. The molecule has 6 nitrogen and oxygen atoms in total. The summed E-state index contributed by atoms with van der Waals surface area (Å²) in [6.45, 7) is 1.62. The van der Waals surface area contributed by atoms with Crippen molar-refractivity contribution in [2.45, 2.75) is 32.0 Å². The van der Waals surface area contributed by atoms with Gasteiger partial charge >= 0.3 is 6.03 Å². The Morgan fingerprint density at radius 1 is 1.22 bits per heavy atom. The number of ether oxygens (including phenoxy) is 2. The summed E-state index contributed by atoms with van der Waals surface area (Å²) in [6, 6.07) is 16.9. The number of urea groups is 1. The van der Waals surface area contributed by atoms with Crippen LogP contribution in [0.1, 0.15) is 24.0 Å². The van der Waals surface area contributed by atoms with E-state index in [1.165, 1.54) is 0 Å². The summed E-state index contributed by atoms with van der Waals surface area (Å²) in [4.78, 5) is 12.1. The Morgan fingerprint density at radius 3 is 2.78 bits per heavy atom. The highest BCUT2D eigenvalue weighted by Gasteiger charge is 2.16. The molecule has 0 saturated carbocycles. The van der Waals surface area contributed by atoms with Crippen molar-refractivity contribution in [1.29, 1.82) is 5.26 Å². The van der Waals surface area contributed by atoms with Crippen LogP contribution in [0, 0.1) is 11.3 Å². The van der Waals surface area contributed by atoms with Gasteiger partial charge in [-0.3, -0.25) is 0 Å². The molecule has 0 spiro atoms. The standard InChI is InChI=1S/C21H23N3O3/c22-12-11-16-7-9-18(10-8-16)27-15-17-4-1-2-6-20(17)24-21(25)23-14-19-5-3-13-26-19/h1-2,4,6-10,19H,3,5,11,13-15H2,(H2,23,24,25). The first-order valence-electron chi connectivity index (χ1n) is 9.07. The zero-order valence-corrected chi connectivity index (χ0v) is 15.1. The molecule has 1 heterocycles. The predicted molar refractivity (Wildman–Crippen MR) is 103 cm³/mol. The van der Waals surface area contributed by atoms with E-state index in [2.05, 4.69) is 16.7 Å². The van der Waals surface area contributed by atoms with Crippen LogP contribution in [0.4, 0.5) is 10.5 Å². The second-order valence-corrected chi connectivity index (χ2v) is 6.39. The number of nitriles is 1. The van der Waals surface area contributed by atoms with E-state index in [0.29, 0.717) is 31.0 Å². The molecule has 6 heteroatoms. The van der Waals surface area contributed by atoms with Crippen LogP contribution in [0.5, 0.6) is 5.75 Å². The smallest absolute Gasteiger partial charge is 0.319 e. The Balaban J connectivity index is 1.53. The number of rotatable bonds is 7. The molecule has 0 bridgehead atoms. The van der Waals surface area contributed by atoms with Crippen molar-refractivity contribution in [1.82, 2.24) is 5.32 Å². The van der Waals surface area contributed by atoms with Crippen LogP contribution in [0.15, 0.2) is 48.5 Å². The minimum atomic E-state index is -0.251. The summed E-state index contributed by atoms with van der Waals surface area (Å²) < 4.78 is 11.3. The van der Waals surface area contributed by atoms with Gasteiger partial charge in [0, 0.05) is 24.4 Å². The van der Waals surface area contributed by atoms with Gasteiger partial charge in [-0.1, -0.05) is 30.3 Å². The lowest BCUT2D eigenvalue weighted by Crippen LogP contribution is -2.35. The average molecular weight is 365 g/mol. The normalized spacial score (nSPS) is 15.7. The minimum Gasteiger partial charge on any atom is -0.489 e. The molecule has 0 radical (unpaired) electrons. The highest BCUT2D eigenvalue weighted by Crippen LogP contribution is 2.19. The number of nitrogens with one attached hydrogen (secondary N) is 2. The van der Waals surface area contributed by atoms with Crippen molar-refractivity contribution in [3.8, 4) is 11.8 Å². The SMILES string of the molecule is N#CCc1ccc(OCc2ccccc2NC(=O)NCC2CCCO2)cc1. The Morgan fingerprint density at radius 2 is 2.04 bits per heavy atom. The third-order valence-electron chi connectivity index (χ3n) is 4.38. The molecule has 2 amide bonds. The van der Waals surface area contributed by atoms with Crippen LogP contribution in [-0.4, -0.2) is 25.3 Å². The quantitative estimate of drug-likeness (QED) is 0.785. The molecule has 0 aliphatic carbocycles. The number of anilines is 1. The summed E-state index contributed by atoms with van der Waals surface area (Å²) in [5.74, 6) is 0.717. The van der Waals surface area contributed by atoms with Crippen LogP contribution < -0.4 is 15.4 Å². The molecule has 27 heavy (non-hydrogen) atoms. The van der Waals surface area contributed by atoms with E-state index >= 15 is 0 Å². The first-order valence-corrected chi connectivity index (χ1v) is 9.07. The van der Waals surface area contributed by atoms with E-state index in [1.807, 2.05) is 48.5 Å². The fourth-order valence-corrected chi connectivity index (χ4v) is 2.90. The molecular weight excluding hydrogens is 342 g/mol. The maximum Gasteiger partial charge on any atom is 0.319 e. The molecule has 2 N–H and O–H groups in total. The van der Waals surface area contributed by atoms with Crippen molar-refractivity contribution in [2.75, 3.05) is 18.5 Å². The van der Waals surface area contributed by atoms with Gasteiger partial charge < -0.3 is 20.1 Å². The van der Waals surface area contributed by atoms with E-state index < -0.39 is 0 Å². The molecule has 1 aliphatic heterocycles. The Labute approximate surface area is 159 Å². The van der Waals surface area contributed by atoms with Crippen LogP contribution in [0.25, 0.3) is 0 Å². The van der Waals surface area contributed by atoms with E-state index in [0.717, 1.165) is 30.6 Å². The number of benzene rings is 2. The molecule has 1 saturated heterocycles. The van der Waals surface area contributed by atoms with Gasteiger partial charge in [-0.25, -0.2) is 4.79 Å². The van der Waals surface area contributed by atoms with Gasteiger partial charge in [-0.05, 0) is 36.6 Å². The minimum absolute atomic E-state index is 0.110. The van der Waals surface area contributed by atoms with Crippen molar-refractivity contribution in [3.05, 3.63) is 59.7 Å². The number of hydrogen-bond acceptors (Lipinski definition) is 4. The van der Waals surface area contributed by atoms with Crippen molar-refractivity contribution >= 4 is 11.7 Å². The van der Waals surface area contributed by atoms with Gasteiger partial charge in [0.05, 0.1) is 18.6 Å². The van der Waals surface area contributed by atoms with Gasteiger partial charge in [-0.2, -0.15) is 5.26 Å². The Hall–Kier alpha value is -3.04. The molecule has 3 rings (SSSR count). The lowest BCUT2D eigenvalue weighted by molar-refractivity contribution is 0.112. The van der Waals surface area contributed by atoms with Crippen LogP contribution >= 0.6 is 0 Å². The fraction of sp³-hybridized carbons (Fsp3) is 0.333. The predicted octanol–water partition coefficient (Wildman–Crippen LogP) is 3.63. The molecule has 0 aromatic heterocycles. The Bertz CT molecular complexity index is 793. The largest absolute Gasteiger partial charge is 0.489 e. The molecule has 1 unspecified atom stereocenters. The molecule has 1 fully saturated rings. The summed E-state index contributed by atoms with van der Waals surface area (Å²) in [7, 11) is 0. The van der Waals surface area contributed by atoms with E-state index in [-0.39, 0.29) is 12.1 Å². The molecule has 1 aliphatic rings. The molecule has 2 aromatic carbocycles. The topological polar surface area (TPSA) is 83.4 Å². The van der Waals surface area contributed by atoms with Crippen LogP contribution in [0.2, 0.25) is 0 Å². The molecule has 140 valence electrons. The number of nitrogens with zero attached hydrogens (tertiary/aromatic N) is 1. The van der Waals surface area contributed by atoms with Gasteiger partial charge in [0.2, 0.25) is 0 Å². The number of amides is 2. The fourth-order valence-electron chi connectivity index (χ4n) is 2.90. The van der Waals surface area contributed by atoms with Gasteiger partial charge in [0.15, 0.2) is 0 Å². The molecule has 1 atom stereocenters. The lowest BCUT2D eigenvalue weighted by atomic mass is 10.1. The van der Waals surface area contributed by atoms with E-state index in [1.54, 1.807) is 0 Å². The summed E-state index contributed by atoms with van der Waals surface area (Å²) in [5.41, 5.74) is 2.55. The van der Waals surface area contributed by atoms with Gasteiger partial charge in [-0.15, -0.1) is 0 Å². The first kappa shape index (κ1) is 18.7. The number of carbonyl (C=O) groups excluding carboxylic acids is 1. The highest BCUT2D eigenvalue weighted by atomic mass is 16.5. The van der Waals surface area contributed by atoms with Gasteiger partial charge in [0.25, 0.3) is 0 Å². The summed E-state index contributed by atoms with van der Waals surface area (Å²) in [5, 5.41) is 14.4. The lowest BCUT2D eigenvalue weighted by Gasteiger charge is -2.14. The maximum absolute atomic E-state index is 12.1. The second-order valence-electron chi connectivity index (χ2n) is 6.39. The molecule has 2 aromatic rings. The van der Waals surface area contributed by atoms with Gasteiger partial charge in [0.1, 0.15) is 12.4 Å². The monoisotopic (exact) mass is 365 g/mol. The number of hydrogen-bond donors (Lipinski definition) is 2. The van der Waals surface area contributed by atoms with Crippen LogP contribution in [0.3, 0.4) is 0 Å². The zero-order chi connectivity index (χ0) is 18.9. The van der Waals surface area contributed by atoms with E-state index in [4.69, 9.17) is 14.7 Å². The second kappa shape index (κ2) is 9.60. The zero-order valence-electron chi connectivity index (χ0n) is 15.1. The number of carbonyl (C=O) groups is 1. The average Bonchev–Trinajstić information content (AvgIpc) is 3.21. The molecular formula is C21H23N3O3. The van der Waals surface area contributed by atoms with Crippen molar-refractivity contribution in [2.24, 2.45) is 0 Å². The first-order chi connectivity index (χ1) is 13.2. The maximum atomic E-state index is 12.1. The summed E-state index contributed by atoms with van der Waals surface area (Å²) >= 11 is 0. The van der Waals surface area contributed by atoms with E-state index in [9.17, 15) is 4.79 Å². The number of para-hydroxylation sites is 1. The highest BCUT2D eigenvalue weighted by molar-refractivity contribution is 5.90. The van der Waals surface area contributed by atoms with Crippen LogP contribution in [-0.2, 0) is 17.8 Å². The third-order valence-corrected chi connectivity index (χ3v) is 4.38. The van der Waals surface area contributed by atoms with Crippen molar-refractivity contribution in [3.63, 3.8) is 0 Å².